The fourth-order valence-corrected chi connectivity index (χ4v) is 2.70. The lowest BCUT2D eigenvalue weighted by Gasteiger charge is -2.23. The monoisotopic (exact) mass is 271 g/mol. The second-order valence-electron chi connectivity index (χ2n) is 5.03. The predicted molar refractivity (Wildman–Crippen MR) is 77.5 cm³/mol. The average molecular weight is 271 g/mol. The molecule has 104 valence electrons. The number of fused-ring (bicyclic) bond motifs is 1. The van der Waals surface area contributed by atoms with Crippen LogP contribution in [0.3, 0.4) is 0 Å². The maximum Gasteiger partial charge on any atom is 0.352 e. The van der Waals surface area contributed by atoms with E-state index in [1.54, 1.807) is 21.5 Å². The van der Waals surface area contributed by atoms with Crippen LogP contribution < -0.4 is 11.4 Å². The van der Waals surface area contributed by atoms with Crippen molar-refractivity contribution in [2.45, 2.75) is 32.4 Å². The first-order valence-electron chi connectivity index (χ1n) is 6.85. The summed E-state index contributed by atoms with van der Waals surface area (Å²) in [6.45, 7) is 3.92. The molecule has 0 N–H and O–H groups in total. The number of hydrogen-bond acceptors (Lipinski definition) is 2. The molecule has 0 fully saturated rings. The van der Waals surface area contributed by atoms with E-state index in [4.69, 9.17) is 0 Å². The van der Waals surface area contributed by atoms with Crippen LogP contribution in [0.25, 0.3) is 5.69 Å². The van der Waals surface area contributed by atoms with Gasteiger partial charge in [0.05, 0.1) is 17.8 Å². The number of hydrogen-bond donors (Lipinski definition) is 0. The highest BCUT2D eigenvalue weighted by atomic mass is 16.2. The van der Waals surface area contributed by atoms with Gasteiger partial charge in [0.2, 0.25) is 0 Å². The molecule has 0 aliphatic carbocycles. The van der Waals surface area contributed by atoms with E-state index in [0.717, 1.165) is 6.42 Å². The molecule has 0 radical (unpaired) electrons. The molecule has 5 nitrogen and oxygen atoms in total. The normalized spacial score (nSPS) is 20.9. The molecule has 1 aliphatic heterocycles. The van der Waals surface area contributed by atoms with E-state index in [0.29, 0.717) is 5.69 Å². The minimum atomic E-state index is -0.281. The minimum absolute atomic E-state index is 0.0589. The molecule has 1 aromatic carbocycles. The Kier molecular flexibility index (Phi) is 2.97. The molecule has 5 heteroatoms. The highest BCUT2D eigenvalue weighted by Crippen LogP contribution is 2.20. The first-order chi connectivity index (χ1) is 9.65. The van der Waals surface area contributed by atoms with Crippen LogP contribution in [-0.4, -0.2) is 13.9 Å². The van der Waals surface area contributed by atoms with E-state index >= 15 is 0 Å². The predicted octanol–water partition coefficient (Wildman–Crippen LogP) is 1.88. The van der Waals surface area contributed by atoms with Crippen molar-refractivity contribution in [1.29, 1.82) is 0 Å². The Morgan fingerprint density at radius 1 is 1.00 bits per heavy atom. The molecular formula is C15H17N3O2. The van der Waals surface area contributed by atoms with Crippen molar-refractivity contribution in [3.63, 3.8) is 0 Å². The van der Waals surface area contributed by atoms with Crippen LogP contribution in [-0.2, 0) is 0 Å². The van der Waals surface area contributed by atoms with Gasteiger partial charge in [0, 0.05) is 0 Å². The summed E-state index contributed by atoms with van der Waals surface area (Å²) in [7, 11) is 0. The lowest BCUT2D eigenvalue weighted by molar-refractivity contribution is 0.354. The highest BCUT2D eigenvalue weighted by molar-refractivity contribution is 5.30. The molecule has 2 aromatic rings. The van der Waals surface area contributed by atoms with Gasteiger partial charge in [-0.2, -0.15) is 0 Å². The smallest absolute Gasteiger partial charge is 0.245 e. The Balaban J connectivity index is 2.32. The topological polar surface area (TPSA) is 48.9 Å². The summed E-state index contributed by atoms with van der Waals surface area (Å²) < 4.78 is 4.36. The van der Waals surface area contributed by atoms with E-state index in [2.05, 4.69) is 0 Å². The van der Waals surface area contributed by atoms with Crippen molar-refractivity contribution in [2.75, 3.05) is 0 Å². The molecule has 1 aliphatic rings. The summed E-state index contributed by atoms with van der Waals surface area (Å²) in [6.07, 6.45) is 4.76. The molecule has 1 aromatic heterocycles. The van der Waals surface area contributed by atoms with Gasteiger partial charge in [0.25, 0.3) is 0 Å². The molecule has 20 heavy (non-hydrogen) atoms. The van der Waals surface area contributed by atoms with Gasteiger partial charge in [-0.1, -0.05) is 37.3 Å². The van der Waals surface area contributed by atoms with Gasteiger partial charge >= 0.3 is 11.4 Å². The number of para-hydroxylation sites is 1. The van der Waals surface area contributed by atoms with Gasteiger partial charge in [-0.05, 0) is 25.5 Å². The SMILES string of the molecule is CCC1C=CC(C)n2c(=O)n(-c3ccccc3)c(=O)n21. The van der Waals surface area contributed by atoms with Crippen molar-refractivity contribution in [2.24, 2.45) is 0 Å². The lowest BCUT2D eigenvalue weighted by atomic mass is 10.1. The van der Waals surface area contributed by atoms with Gasteiger partial charge in [-0.3, -0.25) is 0 Å². The van der Waals surface area contributed by atoms with Crippen molar-refractivity contribution in [3.8, 4) is 5.69 Å². The zero-order valence-corrected chi connectivity index (χ0v) is 11.6. The second-order valence-corrected chi connectivity index (χ2v) is 5.03. The molecule has 0 saturated carbocycles. The third-order valence-electron chi connectivity index (χ3n) is 3.75. The highest BCUT2D eigenvalue weighted by Gasteiger charge is 2.26. The van der Waals surface area contributed by atoms with Gasteiger partial charge in [0.15, 0.2) is 0 Å². The van der Waals surface area contributed by atoms with E-state index in [1.807, 2.05) is 44.2 Å². The Morgan fingerprint density at radius 2 is 1.65 bits per heavy atom. The standard InChI is InChI=1S/C15H17N3O2/c1-3-12-10-9-11(2)17-14(19)16(15(20)18(12)17)13-7-5-4-6-8-13/h4-12H,3H2,1-2H3. The molecule has 3 rings (SSSR count). The quantitative estimate of drug-likeness (QED) is 0.783. The molecule has 2 heterocycles. The number of allylic oxidation sites excluding steroid dienone is 2. The van der Waals surface area contributed by atoms with Crippen LogP contribution in [0.5, 0.6) is 0 Å². The third kappa shape index (κ3) is 1.70. The van der Waals surface area contributed by atoms with Crippen LogP contribution >= 0.6 is 0 Å². The maximum absolute atomic E-state index is 12.6. The Labute approximate surface area is 116 Å². The maximum atomic E-state index is 12.6. The number of nitrogens with zero attached hydrogens (tertiary/aromatic N) is 3. The summed E-state index contributed by atoms with van der Waals surface area (Å²) in [5, 5.41) is 0. The van der Waals surface area contributed by atoms with Crippen molar-refractivity contribution >= 4 is 0 Å². The van der Waals surface area contributed by atoms with Crippen LogP contribution in [0, 0.1) is 0 Å². The van der Waals surface area contributed by atoms with E-state index in [1.165, 1.54) is 4.57 Å². The molecule has 0 amide bonds. The second kappa shape index (κ2) is 4.67. The fraction of sp³-hybridized carbons (Fsp3) is 0.333. The van der Waals surface area contributed by atoms with Gasteiger partial charge in [-0.15, -0.1) is 0 Å². The van der Waals surface area contributed by atoms with E-state index in [-0.39, 0.29) is 23.5 Å². The molecule has 2 unspecified atom stereocenters. The van der Waals surface area contributed by atoms with Crippen molar-refractivity contribution in [1.82, 2.24) is 13.9 Å². The third-order valence-corrected chi connectivity index (χ3v) is 3.75. The van der Waals surface area contributed by atoms with Crippen molar-refractivity contribution < 1.29 is 0 Å². The first kappa shape index (κ1) is 12.7. The Bertz CT molecular complexity index is 765. The fourth-order valence-electron chi connectivity index (χ4n) is 2.70. The van der Waals surface area contributed by atoms with Crippen molar-refractivity contribution in [3.05, 3.63) is 63.5 Å². The molecule has 2 atom stereocenters. The lowest BCUT2D eigenvalue weighted by Crippen LogP contribution is -2.33. The first-order valence-corrected chi connectivity index (χ1v) is 6.85. The number of benzene rings is 1. The number of aromatic nitrogens is 3. The van der Waals surface area contributed by atoms with E-state index in [9.17, 15) is 9.59 Å². The minimum Gasteiger partial charge on any atom is -0.245 e. The van der Waals surface area contributed by atoms with Crippen LogP contribution in [0.2, 0.25) is 0 Å². The zero-order chi connectivity index (χ0) is 14.3. The summed E-state index contributed by atoms with van der Waals surface area (Å²) in [5.41, 5.74) is 0.0553. The summed E-state index contributed by atoms with van der Waals surface area (Å²) in [5.74, 6) is 0. The van der Waals surface area contributed by atoms with Crippen LogP contribution in [0.15, 0.2) is 52.1 Å². The largest absolute Gasteiger partial charge is 0.352 e. The van der Waals surface area contributed by atoms with Crippen LogP contribution in [0.4, 0.5) is 0 Å². The number of rotatable bonds is 2. The molecule has 0 bridgehead atoms. The Hall–Kier alpha value is -2.30. The summed E-state index contributed by atoms with van der Waals surface area (Å²) >= 11 is 0. The average Bonchev–Trinajstić information content (AvgIpc) is 2.73. The van der Waals surface area contributed by atoms with Gasteiger partial charge in [0.1, 0.15) is 0 Å². The zero-order valence-electron chi connectivity index (χ0n) is 11.6. The molecule has 0 spiro atoms. The molecule has 0 saturated heterocycles. The van der Waals surface area contributed by atoms with Crippen LogP contribution in [0.1, 0.15) is 32.4 Å². The summed E-state index contributed by atoms with van der Waals surface area (Å²) in [6, 6.07) is 8.88. The summed E-state index contributed by atoms with van der Waals surface area (Å²) in [4.78, 5) is 25.2. The molecular weight excluding hydrogens is 254 g/mol. The van der Waals surface area contributed by atoms with Gasteiger partial charge in [-0.25, -0.2) is 23.5 Å². The van der Waals surface area contributed by atoms with Gasteiger partial charge < -0.3 is 0 Å². The Morgan fingerprint density at radius 3 is 2.30 bits per heavy atom. The van der Waals surface area contributed by atoms with E-state index < -0.39 is 0 Å².